The van der Waals surface area contributed by atoms with Crippen molar-refractivity contribution in [2.45, 2.75) is 50.6 Å². The molecule has 7 nitrogen and oxygen atoms in total. The van der Waals surface area contributed by atoms with Crippen molar-refractivity contribution in [3.05, 3.63) is 95.5 Å². The number of para-hydroxylation sites is 1. The van der Waals surface area contributed by atoms with Gasteiger partial charge in [0.1, 0.15) is 12.6 Å². The number of halogens is 1. The Morgan fingerprint density at radius 1 is 0.895 bits per heavy atom. The quantitative estimate of drug-likeness (QED) is 0.344. The van der Waals surface area contributed by atoms with Crippen LogP contribution in [0.3, 0.4) is 0 Å². The lowest BCUT2D eigenvalue weighted by atomic mass is 10.1. The number of anilines is 1. The van der Waals surface area contributed by atoms with Crippen molar-refractivity contribution in [2.24, 2.45) is 0 Å². The Hall–Kier alpha value is -3.36. The lowest BCUT2D eigenvalue weighted by molar-refractivity contribution is -0.139. The summed E-state index contributed by atoms with van der Waals surface area (Å²) in [5.74, 6) is -0.803. The van der Waals surface area contributed by atoms with Crippen molar-refractivity contribution in [3.8, 4) is 0 Å². The number of rotatable bonds is 12. The lowest BCUT2D eigenvalue weighted by Gasteiger charge is -2.32. The molecule has 1 N–H and O–H groups in total. The van der Waals surface area contributed by atoms with Crippen LogP contribution in [-0.2, 0) is 26.0 Å². The van der Waals surface area contributed by atoms with Crippen LogP contribution in [0.2, 0.25) is 5.02 Å². The number of benzene rings is 3. The third-order valence-corrected chi connectivity index (χ3v) is 8.48. The molecule has 3 aromatic rings. The first kappa shape index (κ1) is 29.2. The standard InChI is InChI=1S/C29H34ClN3O4S/c1-4-22(2)31-29(35)23(3)32(20-19-24-13-7-5-8-14-24)28(34)21-33(27-18-12-11-17-26(27)30)38(36,37)25-15-9-6-10-16-25/h5-18,22-23H,4,19-21H2,1-3H3,(H,31,35)/t22-,23-/m0/s1. The van der Waals surface area contributed by atoms with E-state index in [0.717, 1.165) is 16.3 Å². The van der Waals surface area contributed by atoms with Gasteiger partial charge < -0.3 is 10.2 Å². The molecule has 0 aliphatic carbocycles. The molecule has 9 heteroatoms. The molecule has 3 rings (SSSR count). The van der Waals surface area contributed by atoms with Crippen molar-refractivity contribution in [2.75, 3.05) is 17.4 Å². The maximum atomic E-state index is 13.8. The summed E-state index contributed by atoms with van der Waals surface area (Å²) in [6.45, 7) is 5.23. The van der Waals surface area contributed by atoms with Crippen molar-refractivity contribution in [1.29, 1.82) is 0 Å². The molecule has 0 spiro atoms. The summed E-state index contributed by atoms with van der Waals surface area (Å²) in [5.41, 5.74) is 1.19. The molecule has 3 aromatic carbocycles. The molecule has 0 aliphatic rings. The Labute approximate surface area is 230 Å². The first-order valence-corrected chi connectivity index (χ1v) is 14.4. The number of amides is 2. The summed E-state index contributed by atoms with van der Waals surface area (Å²) in [5, 5.41) is 3.12. The van der Waals surface area contributed by atoms with Crippen LogP contribution >= 0.6 is 11.6 Å². The highest BCUT2D eigenvalue weighted by atomic mass is 35.5. The summed E-state index contributed by atoms with van der Waals surface area (Å²) < 4.78 is 28.5. The SMILES string of the molecule is CC[C@H](C)NC(=O)[C@H](C)N(CCc1ccccc1)C(=O)CN(c1ccccc1Cl)S(=O)(=O)c1ccccc1. The van der Waals surface area contributed by atoms with Crippen LogP contribution < -0.4 is 9.62 Å². The average molecular weight is 556 g/mol. The van der Waals surface area contributed by atoms with Crippen LogP contribution in [0, 0.1) is 0 Å². The normalized spacial score (nSPS) is 12.8. The van der Waals surface area contributed by atoms with Crippen LogP contribution in [0.4, 0.5) is 5.69 Å². The van der Waals surface area contributed by atoms with E-state index in [2.05, 4.69) is 5.32 Å². The number of nitrogens with one attached hydrogen (secondary N) is 1. The highest BCUT2D eigenvalue weighted by Gasteiger charge is 2.33. The molecule has 0 radical (unpaired) electrons. The van der Waals surface area contributed by atoms with E-state index in [1.165, 1.54) is 17.0 Å². The fourth-order valence-electron chi connectivity index (χ4n) is 3.92. The summed E-state index contributed by atoms with van der Waals surface area (Å²) >= 11 is 6.41. The van der Waals surface area contributed by atoms with Crippen LogP contribution in [0.1, 0.15) is 32.8 Å². The van der Waals surface area contributed by atoms with Crippen LogP contribution in [0.15, 0.2) is 89.8 Å². The Balaban J connectivity index is 1.97. The van der Waals surface area contributed by atoms with E-state index < -0.39 is 28.5 Å². The molecule has 2 amide bonds. The molecular formula is C29H34ClN3O4S. The minimum Gasteiger partial charge on any atom is -0.352 e. The number of nitrogens with zero attached hydrogens (tertiary/aromatic N) is 2. The largest absolute Gasteiger partial charge is 0.352 e. The van der Waals surface area contributed by atoms with Crippen LogP contribution in [-0.4, -0.2) is 50.3 Å². The number of carbonyl (C=O) groups is 2. The van der Waals surface area contributed by atoms with Gasteiger partial charge in [-0.25, -0.2) is 8.42 Å². The first-order chi connectivity index (χ1) is 18.1. The van der Waals surface area contributed by atoms with Gasteiger partial charge in [-0.1, -0.05) is 79.2 Å². The summed E-state index contributed by atoms with van der Waals surface area (Å²) in [6.07, 6.45) is 1.25. The second-order valence-corrected chi connectivity index (χ2v) is 11.4. The van der Waals surface area contributed by atoms with Crippen molar-refractivity contribution in [3.63, 3.8) is 0 Å². The van der Waals surface area contributed by atoms with Gasteiger partial charge in [-0.3, -0.25) is 13.9 Å². The molecule has 38 heavy (non-hydrogen) atoms. The van der Waals surface area contributed by atoms with Gasteiger partial charge in [0.2, 0.25) is 11.8 Å². The average Bonchev–Trinajstić information content (AvgIpc) is 2.93. The zero-order chi connectivity index (χ0) is 27.7. The zero-order valence-electron chi connectivity index (χ0n) is 21.9. The van der Waals surface area contributed by atoms with Gasteiger partial charge in [0.15, 0.2) is 0 Å². The molecule has 0 aromatic heterocycles. The van der Waals surface area contributed by atoms with E-state index in [4.69, 9.17) is 11.6 Å². The van der Waals surface area contributed by atoms with Gasteiger partial charge in [-0.15, -0.1) is 0 Å². The van der Waals surface area contributed by atoms with E-state index in [1.54, 1.807) is 49.4 Å². The van der Waals surface area contributed by atoms with Gasteiger partial charge in [0, 0.05) is 12.6 Å². The Morgan fingerprint density at radius 3 is 2.08 bits per heavy atom. The molecule has 0 unspecified atom stereocenters. The fourth-order valence-corrected chi connectivity index (χ4v) is 5.66. The second kappa shape index (κ2) is 13.4. The minimum atomic E-state index is -4.14. The van der Waals surface area contributed by atoms with Crippen molar-refractivity contribution >= 4 is 39.1 Å². The molecule has 202 valence electrons. The first-order valence-electron chi connectivity index (χ1n) is 12.6. The fraction of sp³-hybridized carbons (Fsp3) is 0.310. The molecule has 0 saturated heterocycles. The van der Waals surface area contributed by atoms with E-state index in [9.17, 15) is 18.0 Å². The third kappa shape index (κ3) is 7.36. The Bertz CT molecular complexity index is 1320. The smallest absolute Gasteiger partial charge is 0.264 e. The maximum Gasteiger partial charge on any atom is 0.264 e. The van der Waals surface area contributed by atoms with Gasteiger partial charge in [-0.2, -0.15) is 0 Å². The number of carbonyl (C=O) groups excluding carboxylic acids is 2. The summed E-state index contributed by atoms with van der Waals surface area (Å²) in [7, 11) is -4.14. The molecule has 0 aliphatic heterocycles. The van der Waals surface area contributed by atoms with Gasteiger partial charge in [0.25, 0.3) is 10.0 Å². The second-order valence-electron chi connectivity index (χ2n) is 9.09. The number of hydrogen-bond donors (Lipinski definition) is 1. The Morgan fingerprint density at radius 2 is 1.47 bits per heavy atom. The highest BCUT2D eigenvalue weighted by Crippen LogP contribution is 2.30. The topological polar surface area (TPSA) is 86.8 Å². The zero-order valence-corrected chi connectivity index (χ0v) is 23.5. The number of sulfonamides is 1. The lowest BCUT2D eigenvalue weighted by Crippen LogP contribution is -2.53. The van der Waals surface area contributed by atoms with Gasteiger partial charge in [0.05, 0.1) is 15.6 Å². The molecule has 0 fully saturated rings. The van der Waals surface area contributed by atoms with Gasteiger partial charge in [-0.05, 0) is 56.5 Å². The highest BCUT2D eigenvalue weighted by molar-refractivity contribution is 7.92. The van der Waals surface area contributed by atoms with Crippen molar-refractivity contribution in [1.82, 2.24) is 10.2 Å². The van der Waals surface area contributed by atoms with Crippen molar-refractivity contribution < 1.29 is 18.0 Å². The molecule has 0 bridgehead atoms. The maximum absolute atomic E-state index is 13.8. The van der Waals surface area contributed by atoms with E-state index in [0.29, 0.717) is 6.42 Å². The van der Waals surface area contributed by atoms with E-state index in [-0.39, 0.29) is 34.1 Å². The predicted octanol–water partition coefficient (Wildman–Crippen LogP) is 4.91. The molecule has 0 heterocycles. The molecule has 2 atom stereocenters. The summed E-state index contributed by atoms with van der Waals surface area (Å²) in [4.78, 5) is 28.3. The van der Waals surface area contributed by atoms with Crippen LogP contribution in [0.5, 0.6) is 0 Å². The van der Waals surface area contributed by atoms with Crippen LogP contribution in [0.25, 0.3) is 0 Å². The predicted molar refractivity (Wildman–Crippen MR) is 152 cm³/mol. The Kier molecular flexibility index (Phi) is 10.3. The monoisotopic (exact) mass is 555 g/mol. The van der Waals surface area contributed by atoms with E-state index in [1.807, 2.05) is 44.2 Å². The molecule has 0 saturated carbocycles. The van der Waals surface area contributed by atoms with E-state index >= 15 is 0 Å². The number of hydrogen-bond acceptors (Lipinski definition) is 4. The molecular weight excluding hydrogens is 522 g/mol. The van der Waals surface area contributed by atoms with Gasteiger partial charge >= 0.3 is 0 Å². The summed E-state index contributed by atoms with van der Waals surface area (Å²) in [6, 6.07) is 23.1. The third-order valence-electron chi connectivity index (χ3n) is 6.38. The minimum absolute atomic E-state index is 0.0334.